The molecule has 1 aromatic heterocycles. The number of aromatic nitrogens is 1. The second-order valence-corrected chi connectivity index (χ2v) is 13.8. The first-order valence-electron chi connectivity index (χ1n) is 18.5. The first-order chi connectivity index (χ1) is 26.8. The van der Waals surface area contributed by atoms with Gasteiger partial charge in [-0.1, -0.05) is 158 Å². The summed E-state index contributed by atoms with van der Waals surface area (Å²) in [6.07, 6.45) is 0. The molecular formula is C52H36N2. The highest BCUT2D eigenvalue weighted by Crippen LogP contribution is 2.45. The van der Waals surface area contributed by atoms with Crippen molar-refractivity contribution < 1.29 is 0 Å². The third-order valence-corrected chi connectivity index (χ3v) is 10.5. The van der Waals surface area contributed by atoms with Gasteiger partial charge in [0.25, 0.3) is 0 Å². The summed E-state index contributed by atoms with van der Waals surface area (Å²) in [7, 11) is 0. The molecule has 10 rings (SSSR count). The molecule has 0 spiro atoms. The van der Waals surface area contributed by atoms with Crippen LogP contribution in [0.5, 0.6) is 0 Å². The zero-order chi connectivity index (χ0) is 35.8. The van der Waals surface area contributed by atoms with Crippen LogP contribution < -0.4 is 4.90 Å². The normalized spacial score (nSPS) is 11.3. The fraction of sp³-hybridized carbons (Fsp3) is 0. The number of nitrogens with zero attached hydrogens (tertiary/aromatic N) is 2. The van der Waals surface area contributed by atoms with Gasteiger partial charge >= 0.3 is 0 Å². The van der Waals surface area contributed by atoms with E-state index in [0.29, 0.717) is 0 Å². The Bertz CT molecular complexity index is 2840. The Balaban J connectivity index is 1.23. The highest BCUT2D eigenvalue weighted by molar-refractivity contribution is 6.23. The minimum Gasteiger partial charge on any atom is -0.310 e. The third kappa shape index (κ3) is 5.53. The van der Waals surface area contributed by atoms with Crippen LogP contribution in [0.2, 0.25) is 0 Å². The number of fused-ring (bicyclic) bond motifs is 4. The minimum atomic E-state index is 1.09. The molecule has 0 aliphatic carbocycles. The molecule has 0 N–H and O–H groups in total. The molecule has 0 atom stereocenters. The highest BCUT2D eigenvalue weighted by atomic mass is 15.1. The van der Waals surface area contributed by atoms with E-state index in [1.54, 1.807) is 0 Å². The van der Waals surface area contributed by atoms with Crippen molar-refractivity contribution in [2.24, 2.45) is 0 Å². The lowest BCUT2D eigenvalue weighted by Crippen LogP contribution is -2.10. The lowest BCUT2D eigenvalue weighted by molar-refractivity contribution is 1.18. The van der Waals surface area contributed by atoms with Crippen molar-refractivity contribution in [3.8, 4) is 39.1 Å². The van der Waals surface area contributed by atoms with E-state index in [1.807, 2.05) is 0 Å². The topological polar surface area (TPSA) is 8.17 Å². The van der Waals surface area contributed by atoms with Gasteiger partial charge in [0.2, 0.25) is 0 Å². The maximum absolute atomic E-state index is 2.42. The Morgan fingerprint density at radius 1 is 0.315 bits per heavy atom. The Kier molecular flexibility index (Phi) is 7.85. The predicted molar refractivity (Wildman–Crippen MR) is 229 cm³/mol. The molecule has 0 unspecified atom stereocenters. The Morgan fingerprint density at radius 3 is 1.39 bits per heavy atom. The van der Waals surface area contributed by atoms with Gasteiger partial charge in [-0.2, -0.15) is 0 Å². The monoisotopic (exact) mass is 688 g/mol. The average molecular weight is 689 g/mol. The molecule has 10 aromatic rings. The van der Waals surface area contributed by atoms with Crippen LogP contribution in [0.1, 0.15) is 0 Å². The summed E-state index contributed by atoms with van der Waals surface area (Å²) in [5, 5.41) is 4.95. The van der Waals surface area contributed by atoms with Crippen molar-refractivity contribution in [2.45, 2.75) is 0 Å². The summed E-state index contributed by atoms with van der Waals surface area (Å²) in [4.78, 5) is 2.40. The Labute approximate surface area is 315 Å². The Hall–Kier alpha value is -7.16. The fourth-order valence-electron chi connectivity index (χ4n) is 8.10. The molecule has 0 aliphatic heterocycles. The molecule has 0 saturated heterocycles. The van der Waals surface area contributed by atoms with Gasteiger partial charge in [-0.15, -0.1) is 0 Å². The lowest BCUT2D eigenvalue weighted by Gasteiger charge is -2.27. The highest BCUT2D eigenvalue weighted by Gasteiger charge is 2.21. The standard InChI is InChI=1S/C52H36N2/c1-4-17-37(18-5-1)39-22-14-27-44(33-39)53(45-28-15-23-40(34-45)38-19-6-2-7-20-38)46-29-16-24-42(35-46)51-47-30-11-10-21-41(47)36-50-52(51)48-31-12-13-32-49(48)54(50)43-25-8-3-9-26-43/h1-36H. The summed E-state index contributed by atoms with van der Waals surface area (Å²) in [6, 6.07) is 78.9. The molecule has 0 bridgehead atoms. The summed E-state index contributed by atoms with van der Waals surface area (Å²) in [6.45, 7) is 0. The maximum atomic E-state index is 2.42. The zero-order valence-electron chi connectivity index (χ0n) is 29.7. The third-order valence-electron chi connectivity index (χ3n) is 10.5. The van der Waals surface area contributed by atoms with Crippen molar-refractivity contribution in [2.75, 3.05) is 4.90 Å². The predicted octanol–water partition coefficient (Wildman–Crippen LogP) is 14.4. The number of benzene rings is 9. The quantitative estimate of drug-likeness (QED) is 0.162. The summed E-state index contributed by atoms with van der Waals surface area (Å²) in [5.41, 5.74) is 14.0. The van der Waals surface area contributed by atoms with Gasteiger partial charge in [-0.05, 0) is 105 Å². The van der Waals surface area contributed by atoms with E-state index in [4.69, 9.17) is 0 Å². The van der Waals surface area contributed by atoms with Crippen molar-refractivity contribution >= 4 is 49.6 Å². The largest absolute Gasteiger partial charge is 0.310 e. The van der Waals surface area contributed by atoms with Crippen LogP contribution in [-0.2, 0) is 0 Å². The molecule has 0 radical (unpaired) electrons. The maximum Gasteiger partial charge on any atom is 0.0553 e. The first kappa shape index (κ1) is 31.6. The van der Waals surface area contributed by atoms with Crippen molar-refractivity contribution in [1.29, 1.82) is 0 Å². The molecule has 1 heterocycles. The smallest absolute Gasteiger partial charge is 0.0553 e. The van der Waals surface area contributed by atoms with Gasteiger partial charge < -0.3 is 9.47 Å². The summed E-state index contributed by atoms with van der Waals surface area (Å²) >= 11 is 0. The summed E-state index contributed by atoms with van der Waals surface area (Å²) < 4.78 is 2.42. The van der Waals surface area contributed by atoms with Gasteiger partial charge in [0, 0.05) is 33.5 Å². The molecule has 254 valence electrons. The molecule has 2 heteroatoms. The van der Waals surface area contributed by atoms with Crippen LogP contribution in [0.4, 0.5) is 17.1 Å². The molecule has 9 aromatic carbocycles. The fourth-order valence-corrected chi connectivity index (χ4v) is 8.10. The van der Waals surface area contributed by atoms with Gasteiger partial charge in [0.1, 0.15) is 0 Å². The van der Waals surface area contributed by atoms with Gasteiger partial charge in [0.15, 0.2) is 0 Å². The molecular weight excluding hydrogens is 653 g/mol. The molecule has 0 fully saturated rings. The zero-order valence-corrected chi connectivity index (χ0v) is 29.7. The van der Waals surface area contributed by atoms with Gasteiger partial charge in [-0.3, -0.25) is 0 Å². The van der Waals surface area contributed by atoms with Crippen LogP contribution >= 0.6 is 0 Å². The van der Waals surface area contributed by atoms with E-state index in [1.165, 1.54) is 66.0 Å². The molecule has 0 aliphatic rings. The number of hydrogen-bond donors (Lipinski definition) is 0. The van der Waals surface area contributed by atoms with E-state index >= 15 is 0 Å². The number of hydrogen-bond acceptors (Lipinski definition) is 1. The van der Waals surface area contributed by atoms with E-state index in [0.717, 1.165) is 22.7 Å². The van der Waals surface area contributed by atoms with Crippen LogP contribution in [0.25, 0.3) is 71.6 Å². The minimum absolute atomic E-state index is 1.09. The van der Waals surface area contributed by atoms with E-state index in [2.05, 4.69) is 228 Å². The van der Waals surface area contributed by atoms with Crippen molar-refractivity contribution in [1.82, 2.24) is 4.57 Å². The number of rotatable bonds is 7. The average Bonchev–Trinajstić information content (AvgIpc) is 3.58. The van der Waals surface area contributed by atoms with Crippen LogP contribution in [0.15, 0.2) is 218 Å². The second-order valence-electron chi connectivity index (χ2n) is 13.8. The van der Waals surface area contributed by atoms with Crippen LogP contribution in [0.3, 0.4) is 0 Å². The SMILES string of the molecule is c1ccc(-c2cccc(N(c3cccc(-c4ccccc4)c3)c3cccc(-c4c5ccccc5cc5c4c4ccccc4n5-c4ccccc4)c3)c2)cc1. The van der Waals surface area contributed by atoms with Gasteiger partial charge in [-0.25, -0.2) is 0 Å². The number of anilines is 3. The van der Waals surface area contributed by atoms with Crippen LogP contribution in [-0.4, -0.2) is 4.57 Å². The Morgan fingerprint density at radius 2 is 0.778 bits per heavy atom. The summed E-state index contributed by atoms with van der Waals surface area (Å²) in [5.74, 6) is 0. The first-order valence-corrected chi connectivity index (χ1v) is 18.5. The van der Waals surface area contributed by atoms with Crippen LogP contribution in [0, 0.1) is 0 Å². The van der Waals surface area contributed by atoms with Crippen molar-refractivity contribution in [3.05, 3.63) is 218 Å². The second kappa shape index (κ2) is 13.4. The lowest BCUT2D eigenvalue weighted by atomic mass is 9.92. The molecule has 54 heavy (non-hydrogen) atoms. The van der Waals surface area contributed by atoms with E-state index in [9.17, 15) is 0 Å². The number of para-hydroxylation sites is 2. The molecule has 2 nitrogen and oxygen atoms in total. The molecule has 0 amide bonds. The van der Waals surface area contributed by atoms with Gasteiger partial charge in [0.05, 0.1) is 11.0 Å². The van der Waals surface area contributed by atoms with Crippen molar-refractivity contribution in [3.63, 3.8) is 0 Å². The molecule has 0 saturated carbocycles. The van der Waals surface area contributed by atoms with E-state index in [-0.39, 0.29) is 0 Å². The van der Waals surface area contributed by atoms with E-state index < -0.39 is 0 Å².